The predicted molar refractivity (Wildman–Crippen MR) is 48.1 cm³/mol. The lowest BCUT2D eigenvalue weighted by Crippen LogP contribution is -2.38. The van der Waals surface area contributed by atoms with E-state index in [-0.39, 0.29) is 31.1 Å². The molecule has 0 aromatic carbocycles. The van der Waals surface area contributed by atoms with Gasteiger partial charge in [-0.25, -0.2) is 0 Å². The summed E-state index contributed by atoms with van der Waals surface area (Å²) >= 11 is 0. The van der Waals surface area contributed by atoms with Crippen molar-refractivity contribution in [1.82, 2.24) is 4.90 Å². The van der Waals surface area contributed by atoms with Gasteiger partial charge in [-0.05, 0) is 6.42 Å². The summed E-state index contributed by atoms with van der Waals surface area (Å²) in [5, 5.41) is 17.9. The lowest BCUT2D eigenvalue weighted by Gasteiger charge is -2.25. The summed E-state index contributed by atoms with van der Waals surface area (Å²) in [4.78, 5) is 13.1. The number of nitrogens with zero attached hydrogens (tertiary/aromatic N) is 1. The van der Waals surface area contributed by atoms with Gasteiger partial charge in [0.2, 0.25) is 5.91 Å². The van der Waals surface area contributed by atoms with Gasteiger partial charge in [0, 0.05) is 25.5 Å². The van der Waals surface area contributed by atoms with E-state index in [1.54, 1.807) is 4.90 Å². The second-order valence-electron chi connectivity index (χ2n) is 3.54. The first-order chi connectivity index (χ1) is 6.22. The standard InChI is InChI=1S/C9H17NO3/c1-2-8(6-12)10-4-7(5-11)3-9(10)13/h7-8,11-12H,2-6H2,1H3/t7?,8-/m0/s1. The molecule has 1 aliphatic heterocycles. The Morgan fingerprint density at radius 1 is 1.62 bits per heavy atom. The third-order valence-corrected chi connectivity index (χ3v) is 2.62. The van der Waals surface area contributed by atoms with E-state index >= 15 is 0 Å². The van der Waals surface area contributed by atoms with Gasteiger partial charge in [-0.15, -0.1) is 0 Å². The number of aliphatic hydroxyl groups excluding tert-OH is 2. The first kappa shape index (κ1) is 10.5. The number of amides is 1. The Hall–Kier alpha value is -0.610. The highest BCUT2D eigenvalue weighted by Crippen LogP contribution is 2.20. The molecule has 4 heteroatoms. The van der Waals surface area contributed by atoms with Crippen LogP contribution in [0.15, 0.2) is 0 Å². The lowest BCUT2D eigenvalue weighted by atomic mass is 10.1. The van der Waals surface area contributed by atoms with Crippen molar-refractivity contribution < 1.29 is 15.0 Å². The maximum Gasteiger partial charge on any atom is 0.223 e. The Kier molecular flexibility index (Phi) is 3.69. The zero-order valence-electron chi connectivity index (χ0n) is 7.94. The van der Waals surface area contributed by atoms with Crippen LogP contribution in [0.1, 0.15) is 19.8 Å². The van der Waals surface area contributed by atoms with Crippen LogP contribution in [-0.2, 0) is 4.79 Å². The molecule has 13 heavy (non-hydrogen) atoms. The van der Waals surface area contributed by atoms with Crippen molar-refractivity contribution in [3.05, 3.63) is 0 Å². The molecule has 1 aliphatic rings. The minimum absolute atomic E-state index is 0.0143. The van der Waals surface area contributed by atoms with Crippen molar-refractivity contribution >= 4 is 5.91 Å². The molecule has 2 atom stereocenters. The molecule has 0 radical (unpaired) electrons. The zero-order valence-corrected chi connectivity index (χ0v) is 7.94. The van der Waals surface area contributed by atoms with Crippen molar-refractivity contribution in [1.29, 1.82) is 0 Å². The fourth-order valence-electron chi connectivity index (χ4n) is 1.73. The van der Waals surface area contributed by atoms with Gasteiger partial charge in [-0.2, -0.15) is 0 Å². The fraction of sp³-hybridized carbons (Fsp3) is 0.889. The molecule has 0 spiro atoms. The summed E-state index contributed by atoms with van der Waals surface area (Å²) in [6, 6.07) is -0.0657. The molecule has 0 aromatic rings. The zero-order chi connectivity index (χ0) is 9.84. The van der Waals surface area contributed by atoms with Crippen LogP contribution in [0.2, 0.25) is 0 Å². The molecule has 1 amide bonds. The maximum absolute atomic E-state index is 11.4. The van der Waals surface area contributed by atoms with Crippen molar-refractivity contribution in [2.45, 2.75) is 25.8 Å². The molecule has 0 saturated carbocycles. The van der Waals surface area contributed by atoms with Crippen LogP contribution in [0, 0.1) is 5.92 Å². The van der Waals surface area contributed by atoms with Gasteiger partial charge in [-0.3, -0.25) is 4.79 Å². The summed E-state index contributed by atoms with van der Waals surface area (Å²) in [7, 11) is 0. The van der Waals surface area contributed by atoms with Crippen LogP contribution in [0.4, 0.5) is 0 Å². The Labute approximate surface area is 78.2 Å². The summed E-state index contributed by atoms with van der Waals surface area (Å²) in [6.45, 7) is 2.61. The maximum atomic E-state index is 11.4. The van der Waals surface area contributed by atoms with Gasteiger partial charge >= 0.3 is 0 Å². The predicted octanol–water partition coefficient (Wildman–Crippen LogP) is -0.402. The van der Waals surface area contributed by atoms with E-state index in [2.05, 4.69) is 0 Å². The molecular weight excluding hydrogens is 170 g/mol. The summed E-state index contributed by atoms with van der Waals surface area (Å²) in [6.07, 6.45) is 1.19. The average molecular weight is 187 g/mol. The van der Waals surface area contributed by atoms with Gasteiger partial charge in [0.05, 0.1) is 12.6 Å². The van der Waals surface area contributed by atoms with Crippen molar-refractivity contribution in [3.63, 3.8) is 0 Å². The van der Waals surface area contributed by atoms with Crippen LogP contribution in [0.25, 0.3) is 0 Å². The van der Waals surface area contributed by atoms with E-state index in [0.29, 0.717) is 13.0 Å². The Morgan fingerprint density at radius 3 is 2.69 bits per heavy atom. The second kappa shape index (κ2) is 4.58. The highest BCUT2D eigenvalue weighted by Gasteiger charge is 2.32. The highest BCUT2D eigenvalue weighted by atomic mass is 16.3. The third kappa shape index (κ3) is 2.19. The summed E-state index contributed by atoms with van der Waals surface area (Å²) in [5.41, 5.74) is 0. The number of hydrogen-bond donors (Lipinski definition) is 2. The van der Waals surface area contributed by atoms with E-state index in [1.165, 1.54) is 0 Å². The van der Waals surface area contributed by atoms with Crippen LogP contribution in [0.5, 0.6) is 0 Å². The fourth-order valence-corrected chi connectivity index (χ4v) is 1.73. The smallest absolute Gasteiger partial charge is 0.223 e. The number of rotatable bonds is 4. The summed E-state index contributed by atoms with van der Waals surface area (Å²) < 4.78 is 0. The molecule has 1 saturated heterocycles. The van der Waals surface area contributed by atoms with Crippen LogP contribution < -0.4 is 0 Å². The van der Waals surface area contributed by atoms with Crippen LogP contribution in [-0.4, -0.2) is 46.8 Å². The van der Waals surface area contributed by atoms with E-state index in [4.69, 9.17) is 10.2 Å². The van der Waals surface area contributed by atoms with Gasteiger partial charge in [-0.1, -0.05) is 6.92 Å². The minimum Gasteiger partial charge on any atom is -0.396 e. The molecule has 0 bridgehead atoms. The van der Waals surface area contributed by atoms with Gasteiger partial charge in [0.15, 0.2) is 0 Å². The Bertz CT molecular complexity index is 180. The number of carbonyl (C=O) groups is 1. The third-order valence-electron chi connectivity index (χ3n) is 2.62. The number of hydrogen-bond acceptors (Lipinski definition) is 3. The first-order valence-electron chi connectivity index (χ1n) is 4.74. The van der Waals surface area contributed by atoms with Gasteiger partial charge < -0.3 is 15.1 Å². The number of aliphatic hydroxyl groups is 2. The normalized spacial score (nSPS) is 25.3. The molecule has 76 valence electrons. The molecule has 1 unspecified atom stereocenters. The molecule has 0 aliphatic carbocycles. The number of carbonyl (C=O) groups excluding carboxylic acids is 1. The van der Waals surface area contributed by atoms with Crippen molar-refractivity contribution in [2.24, 2.45) is 5.92 Å². The Morgan fingerprint density at radius 2 is 2.31 bits per heavy atom. The lowest BCUT2D eigenvalue weighted by molar-refractivity contribution is -0.130. The topological polar surface area (TPSA) is 60.8 Å². The van der Waals surface area contributed by atoms with E-state index in [0.717, 1.165) is 6.42 Å². The van der Waals surface area contributed by atoms with Gasteiger partial charge in [0.1, 0.15) is 0 Å². The quantitative estimate of drug-likeness (QED) is 0.629. The van der Waals surface area contributed by atoms with E-state index in [9.17, 15) is 4.79 Å². The number of likely N-dealkylation sites (tertiary alicyclic amines) is 1. The molecule has 4 nitrogen and oxygen atoms in total. The van der Waals surface area contributed by atoms with Crippen LogP contribution in [0.3, 0.4) is 0 Å². The average Bonchev–Trinajstić information content (AvgIpc) is 2.50. The molecule has 1 fully saturated rings. The first-order valence-corrected chi connectivity index (χ1v) is 4.74. The monoisotopic (exact) mass is 187 g/mol. The van der Waals surface area contributed by atoms with Crippen LogP contribution >= 0.6 is 0 Å². The second-order valence-corrected chi connectivity index (χ2v) is 3.54. The molecule has 0 aromatic heterocycles. The van der Waals surface area contributed by atoms with Gasteiger partial charge in [0.25, 0.3) is 0 Å². The van der Waals surface area contributed by atoms with Crippen molar-refractivity contribution in [3.8, 4) is 0 Å². The summed E-state index contributed by atoms with van der Waals surface area (Å²) in [5.74, 6) is 0.119. The SMILES string of the molecule is CC[C@@H](CO)N1CC(CO)CC1=O. The Balaban J connectivity index is 2.55. The highest BCUT2D eigenvalue weighted by molar-refractivity contribution is 5.79. The minimum atomic E-state index is -0.0657. The molecule has 1 rings (SSSR count). The van der Waals surface area contributed by atoms with E-state index < -0.39 is 0 Å². The van der Waals surface area contributed by atoms with E-state index in [1.807, 2.05) is 6.92 Å². The molecular formula is C9H17NO3. The molecule has 1 heterocycles. The largest absolute Gasteiger partial charge is 0.396 e. The molecule has 2 N–H and O–H groups in total. The van der Waals surface area contributed by atoms with Crippen molar-refractivity contribution in [2.75, 3.05) is 19.8 Å².